The minimum absolute atomic E-state index is 0.174. The molecular formula is C14H16N2O2S. The van der Waals surface area contributed by atoms with Crippen molar-refractivity contribution in [1.82, 2.24) is 4.98 Å². The molecule has 0 atom stereocenters. The summed E-state index contributed by atoms with van der Waals surface area (Å²) in [5, 5.41) is 0. The van der Waals surface area contributed by atoms with Gasteiger partial charge in [-0.3, -0.25) is 4.98 Å². The van der Waals surface area contributed by atoms with Gasteiger partial charge < -0.3 is 10.5 Å². The lowest BCUT2D eigenvalue weighted by atomic mass is 10.1. The maximum absolute atomic E-state index is 11.9. The van der Waals surface area contributed by atoms with Gasteiger partial charge >= 0.3 is 5.97 Å². The second-order valence-corrected chi connectivity index (χ2v) is 5.77. The van der Waals surface area contributed by atoms with Crippen LogP contribution in [0.4, 0.5) is 5.69 Å². The van der Waals surface area contributed by atoms with Crippen LogP contribution in [0.3, 0.4) is 0 Å². The lowest BCUT2D eigenvalue weighted by Gasteiger charge is -2.11. The number of anilines is 1. The fraction of sp³-hybridized carbons (Fsp3) is 0.286. The van der Waals surface area contributed by atoms with Crippen LogP contribution < -0.4 is 5.73 Å². The van der Waals surface area contributed by atoms with Crippen molar-refractivity contribution in [3.8, 4) is 10.6 Å². The molecule has 2 heterocycles. The number of pyridine rings is 1. The Morgan fingerprint density at radius 2 is 2.11 bits per heavy atom. The summed E-state index contributed by atoms with van der Waals surface area (Å²) in [4.78, 5) is 18.3. The highest BCUT2D eigenvalue weighted by Crippen LogP contribution is 2.32. The quantitative estimate of drug-likeness (QED) is 0.874. The average molecular weight is 276 g/mol. The molecule has 100 valence electrons. The molecule has 0 aliphatic heterocycles. The van der Waals surface area contributed by atoms with Gasteiger partial charge in [-0.05, 0) is 39.0 Å². The SMILES string of the molecule is Cc1ccc(-c2nccc(C(=O)OC(C)C)c2N)s1. The third-order valence-electron chi connectivity index (χ3n) is 2.53. The zero-order valence-corrected chi connectivity index (χ0v) is 12.0. The molecule has 0 spiro atoms. The number of aromatic nitrogens is 1. The largest absolute Gasteiger partial charge is 0.459 e. The molecule has 2 aromatic heterocycles. The fourth-order valence-electron chi connectivity index (χ4n) is 1.69. The lowest BCUT2D eigenvalue weighted by Crippen LogP contribution is -2.14. The average Bonchev–Trinajstić information content (AvgIpc) is 2.75. The molecule has 0 unspecified atom stereocenters. The molecule has 5 heteroatoms. The summed E-state index contributed by atoms with van der Waals surface area (Å²) >= 11 is 1.59. The molecule has 0 saturated heterocycles. The molecule has 0 aliphatic carbocycles. The van der Waals surface area contributed by atoms with E-state index in [1.54, 1.807) is 37.4 Å². The van der Waals surface area contributed by atoms with Crippen LogP contribution in [0.25, 0.3) is 10.6 Å². The number of carbonyl (C=O) groups excluding carboxylic acids is 1. The molecule has 2 N–H and O–H groups in total. The molecule has 19 heavy (non-hydrogen) atoms. The number of nitrogens with two attached hydrogens (primary N) is 1. The molecule has 0 saturated carbocycles. The van der Waals surface area contributed by atoms with Crippen molar-refractivity contribution in [3.63, 3.8) is 0 Å². The van der Waals surface area contributed by atoms with Crippen LogP contribution in [0.5, 0.6) is 0 Å². The van der Waals surface area contributed by atoms with Gasteiger partial charge in [0.05, 0.1) is 22.2 Å². The molecular weight excluding hydrogens is 260 g/mol. The molecule has 2 rings (SSSR count). The Labute approximate surface area is 116 Å². The number of esters is 1. The maximum atomic E-state index is 11.9. The highest BCUT2D eigenvalue weighted by atomic mass is 32.1. The van der Waals surface area contributed by atoms with Crippen molar-refractivity contribution >= 4 is 23.0 Å². The van der Waals surface area contributed by atoms with Gasteiger partial charge in [0, 0.05) is 11.1 Å². The standard InChI is InChI=1S/C14H16N2O2S/c1-8(2)18-14(17)10-6-7-16-13(12(10)15)11-5-4-9(3)19-11/h4-8H,15H2,1-3H3. The van der Waals surface area contributed by atoms with Gasteiger partial charge in [0.15, 0.2) is 0 Å². The first-order valence-corrected chi connectivity index (χ1v) is 6.83. The smallest absolute Gasteiger partial charge is 0.340 e. The van der Waals surface area contributed by atoms with E-state index in [0.717, 1.165) is 4.88 Å². The Balaban J connectivity index is 2.41. The van der Waals surface area contributed by atoms with Crippen molar-refractivity contribution in [2.24, 2.45) is 0 Å². The Bertz CT molecular complexity index is 605. The summed E-state index contributed by atoms with van der Waals surface area (Å²) < 4.78 is 5.17. The van der Waals surface area contributed by atoms with E-state index in [4.69, 9.17) is 10.5 Å². The van der Waals surface area contributed by atoms with E-state index in [2.05, 4.69) is 4.98 Å². The minimum atomic E-state index is -0.413. The topological polar surface area (TPSA) is 65.2 Å². The van der Waals surface area contributed by atoms with Crippen molar-refractivity contribution in [3.05, 3.63) is 34.8 Å². The number of aryl methyl sites for hydroxylation is 1. The van der Waals surface area contributed by atoms with Crippen molar-refractivity contribution < 1.29 is 9.53 Å². The Morgan fingerprint density at radius 1 is 1.37 bits per heavy atom. The van der Waals surface area contributed by atoms with Crippen LogP contribution in [-0.2, 0) is 4.74 Å². The highest BCUT2D eigenvalue weighted by molar-refractivity contribution is 7.15. The van der Waals surface area contributed by atoms with Crippen molar-refractivity contribution in [1.29, 1.82) is 0 Å². The van der Waals surface area contributed by atoms with Crippen molar-refractivity contribution in [2.45, 2.75) is 26.9 Å². The first kappa shape index (κ1) is 13.5. The van der Waals surface area contributed by atoms with Gasteiger partial charge in [0.2, 0.25) is 0 Å². The van der Waals surface area contributed by atoms with E-state index in [1.165, 1.54) is 4.88 Å². The third-order valence-corrected chi connectivity index (χ3v) is 3.53. The Kier molecular flexibility index (Phi) is 3.85. The third kappa shape index (κ3) is 2.93. The van der Waals surface area contributed by atoms with E-state index in [9.17, 15) is 4.79 Å². The Hall–Kier alpha value is -1.88. The van der Waals surface area contributed by atoms with Gasteiger partial charge in [-0.1, -0.05) is 0 Å². The van der Waals surface area contributed by atoms with Gasteiger partial charge in [-0.15, -0.1) is 11.3 Å². The van der Waals surface area contributed by atoms with Gasteiger partial charge in [-0.25, -0.2) is 4.79 Å². The summed E-state index contributed by atoms with van der Waals surface area (Å²) in [6.07, 6.45) is 1.41. The lowest BCUT2D eigenvalue weighted by molar-refractivity contribution is 0.0379. The number of thiophene rings is 1. The molecule has 0 fully saturated rings. The predicted octanol–water partition coefficient (Wildman–Crippen LogP) is 3.27. The second kappa shape index (κ2) is 5.40. The predicted molar refractivity (Wildman–Crippen MR) is 77.3 cm³/mol. The van der Waals surface area contributed by atoms with E-state index < -0.39 is 5.97 Å². The normalized spacial score (nSPS) is 10.7. The van der Waals surface area contributed by atoms with E-state index in [1.807, 2.05) is 19.1 Å². The van der Waals surface area contributed by atoms with Crippen LogP contribution >= 0.6 is 11.3 Å². The molecule has 0 amide bonds. The van der Waals surface area contributed by atoms with Gasteiger partial charge in [0.25, 0.3) is 0 Å². The van der Waals surface area contributed by atoms with Crippen LogP contribution in [0.1, 0.15) is 29.1 Å². The number of nitrogens with zero attached hydrogens (tertiary/aromatic N) is 1. The molecule has 2 aromatic rings. The first-order chi connectivity index (χ1) is 8.99. The van der Waals surface area contributed by atoms with Crippen LogP contribution in [0.2, 0.25) is 0 Å². The van der Waals surface area contributed by atoms with Gasteiger partial charge in [0.1, 0.15) is 5.69 Å². The summed E-state index contributed by atoms with van der Waals surface area (Å²) in [6.45, 7) is 5.62. The number of hydrogen-bond acceptors (Lipinski definition) is 5. The summed E-state index contributed by atoms with van der Waals surface area (Å²) in [5.74, 6) is -0.413. The molecule has 0 radical (unpaired) electrons. The van der Waals surface area contributed by atoms with E-state index >= 15 is 0 Å². The van der Waals surface area contributed by atoms with Crippen LogP contribution in [0, 0.1) is 6.92 Å². The fourth-order valence-corrected chi connectivity index (χ4v) is 2.57. The van der Waals surface area contributed by atoms with Crippen molar-refractivity contribution in [2.75, 3.05) is 5.73 Å². The molecule has 0 bridgehead atoms. The monoisotopic (exact) mass is 276 g/mol. The maximum Gasteiger partial charge on any atom is 0.340 e. The summed E-state index contributed by atoms with van der Waals surface area (Å²) in [7, 11) is 0. The zero-order valence-electron chi connectivity index (χ0n) is 11.1. The van der Waals surface area contributed by atoms with E-state index in [-0.39, 0.29) is 6.10 Å². The van der Waals surface area contributed by atoms with Crippen LogP contribution in [0.15, 0.2) is 24.4 Å². The number of carbonyl (C=O) groups is 1. The number of nitrogen functional groups attached to an aromatic ring is 1. The summed E-state index contributed by atoms with van der Waals surface area (Å²) in [6, 6.07) is 5.54. The second-order valence-electron chi connectivity index (χ2n) is 4.49. The molecule has 0 aromatic carbocycles. The molecule has 4 nitrogen and oxygen atoms in total. The number of hydrogen-bond donors (Lipinski definition) is 1. The van der Waals surface area contributed by atoms with E-state index in [0.29, 0.717) is 16.9 Å². The number of rotatable bonds is 3. The Morgan fingerprint density at radius 3 is 2.68 bits per heavy atom. The number of ether oxygens (including phenoxy) is 1. The van der Waals surface area contributed by atoms with Crippen LogP contribution in [-0.4, -0.2) is 17.1 Å². The minimum Gasteiger partial charge on any atom is -0.459 e. The highest BCUT2D eigenvalue weighted by Gasteiger charge is 2.17. The first-order valence-electron chi connectivity index (χ1n) is 6.01. The zero-order chi connectivity index (χ0) is 14.0. The van der Waals surface area contributed by atoms with Gasteiger partial charge in [-0.2, -0.15) is 0 Å². The summed E-state index contributed by atoms with van der Waals surface area (Å²) in [5.41, 5.74) is 7.42. The molecule has 0 aliphatic rings.